The Morgan fingerprint density at radius 3 is 1.11 bits per heavy atom. The third-order valence-corrected chi connectivity index (χ3v) is 11.0. The second kappa shape index (κ2) is 10.0. The Labute approximate surface area is 169 Å². The van der Waals surface area contributed by atoms with Gasteiger partial charge in [0, 0.05) is 10.6 Å². The van der Waals surface area contributed by atoms with E-state index in [9.17, 15) is 0 Å². The zero-order chi connectivity index (χ0) is 20.1. The highest BCUT2D eigenvalue weighted by Crippen LogP contribution is 2.49. The Morgan fingerprint density at radius 2 is 0.815 bits per heavy atom. The molecule has 0 N–H and O–H groups in total. The summed E-state index contributed by atoms with van der Waals surface area (Å²) in [4.78, 5) is 0. The summed E-state index contributed by atoms with van der Waals surface area (Å²) in [7, 11) is -0.521. The van der Waals surface area contributed by atoms with Gasteiger partial charge in [0.25, 0.3) is 0 Å². The van der Waals surface area contributed by atoms with Crippen molar-refractivity contribution in [2.75, 3.05) is 0 Å². The zero-order valence-electron chi connectivity index (χ0n) is 18.2. The van der Waals surface area contributed by atoms with E-state index in [0.29, 0.717) is 22.6 Å². The molecule has 0 atom stereocenters. The van der Waals surface area contributed by atoms with Gasteiger partial charge in [-0.1, -0.05) is 108 Å². The fraction of sp³-hybridized carbons (Fsp3) is 0.500. The van der Waals surface area contributed by atoms with Crippen LogP contribution in [0.1, 0.15) is 55.4 Å². The summed E-state index contributed by atoms with van der Waals surface area (Å²) in [5.74, 6) is 2.09. The van der Waals surface area contributed by atoms with Crippen LogP contribution in [0.4, 0.5) is 0 Å². The number of ether oxygens (including phenoxy) is 1. The summed E-state index contributed by atoms with van der Waals surface area (Å²) in [5.41, 5.74) is 2.57. The van der Waals surface area contributed by atoms with Crippen molar-refractivity contribution in [2.24, 2.45) is 0 Å². The topological polar surface area (TPSA) is 9.23 Å². The fourth-order valence-electron chi connectivity index (χ4n) is 3.94. The van der Waals surface area contributed by atoms with Crippen LogP contribution in [0.2, 0.25) is 0 Å². The van der Waals surface area contributed by atoms with Crippen molar-refractivity contribution in [3.63, 3.8) is 0 Å². The highest BCUT2D eigenvalue weighted by molar-refractivity contribution is 7.67. The van der Waals surface area contributed by atoms with Crippen molar-refractivity contribution in [1.29, 1.82) is 0 Å². The van der Waals surface area contributed by atoms with Gasteiger partial charge in [0.1, 0.15) is 11.5 Å². The molecule has 2 aromatic carbocycles. The first-order valence-electron chi connectivity index (χ1n) is 10.2. The Hall–Kier alpha value is -0.900. The predicted molar refractivity (Wildman–Crippen MR) is 127 cm³/mol. The quantitative estimate of drug-likeness (QED) is 0.420. The standard InChI is InChI=1S/C24H36OP2/c1-17(2)26(18(3)4)23-15-11-9-13-21(23)25-22-14-10-12-16-24(22)27(19(5)6)20(7)8/h9-20H,1-8H3. The van der Waals surface area contributed by atoms with Gasteiger partial charge in [-0.3, -0.25) is 0 Å². The number of rotatable bonds is 8. The highest BCUT2D eigenvalue weighted by Gasteiger charge is 2.25. The van der Waals surface area contributed by atoms with E-state index in [1.807, 2.05) is 0 Å². The SMILES string of the molecule is CC(C)P(c1ccccc1Oc1ccccc1P(C(C)C)C(C)C)C(C)C. The van der Waals surface area contributed by atoms with E-state index in [2.05, 4.69) is 104 Å². The van der Waals surface area contributed by atoms with Crippen LogP contribution < -0.4 is 15.3 Å². The van der Waals surface area contributed by atoms with Crippen molar-refractivity contribution >= 4 is 26.5 Å². The summed E-state index contributed by atoms with van der Waals surface area (Å²) < 4.78 is 6.64. The molecule has 148 valence electrons. The van der Waals surface area contributed by atoms with Gasteiger partial charge in [0.05, 0.1) is 0 Å². The Kier molecular flexibility index (Phi) is 8.33. The molecule has 0 spiro atoms. The molecule has 0 aromatic heterocycles. The molecule has 2 rings (SSSR count). The second-order valence-corrected chi connectivity index (χ2v) is 15.0. The van der Waals surface area contributed by atoms with Crippen molar-refractivity contribution in [1.82, 2.24) is 0 Å². The zero-order valence-corrected chi connectivity index (χ0v) is 20.0. The molecule has 0 fully saturated rings. The molecule has 3 heteroatoms. The third kappa shape index (κ3) is 5.56. The molecule has 2 aromatic rings. The normalized spacial score (nSPS) is 12.2. The fourth-order valence-corrected chi connectivity index (χ4v) is 9.81. The van der Waals surface area contributed by atoms with Gasteiger partial charge in [0.2, 0.25) is 0 Å². The predicted octanol–water partition coefficient (Wildman–Crippen LogP) is 7.33. The molecule has 27 heavy (non-hydrogen) atoms. The molecule has 0 bridgehead atoms. The van der Waals surface area contributed by atoms with Crippen LogP contribution >= 0.6 is 15.8 Å². The molecule has 0 heterocycles. The smallest absolute Gasteiger partial charge is 0.135 e. The summed E-state index contributed by atoms with van der Waals surface area (Å²) in [5, 5.41) is 2.79. The highest BCUT2D eigenvalue weighted by atomic mass is 31.1. The lowest BCUT2D eigenvalue weighted by molar-refractivity contribution is 0.490. The maximum atomic E-state index is 6.64. The van der Waals surface area contributed by atoms with Crippen molar-refractivity contribution in [3.05, 3.63) is 48.5 Å². The Balaban J connectivity index is 2.48. The van der Waals surface area contributed by atoms with E-state index in [1.165, 1.54) is 10.6 Å². The second-order valence-electron chi connectivity index (χ2n) is 8.23. The van der Waals surface area contributed by atoms with Gasteiger partial charge in [-0.15, -0.1) is 0 Å². The van der Waals surface area contributed by atoms with Crippen molar-refractivity contribution in [3.8, 4) is 11.5 Å². The van der Waals surface area contributed by atoms with Crippen LogP contribution in [0.25, 0.3) is 0 Å². The first kappa shape index (κ1) is 22.4. The van der Waals surface area contributed by atoms with Gasteiger partial charge in [-0.05, 0) is 34.8 Å². The van der Waals surface area contributed by atoms with Crippen LogP contribution in [0.3, 0.4) is 0 Å². The summed E-state index contributed by atoms with van der Waals surface area (Å²) in [6, 6.07) is 17.4. The molecule has 0 aliphatic heterocycles. The van der Waals surface area contributed by atoms with Gasteiger partial charge in [0.15, 0.2) is 0 Å². The molecular weight excluding hydrogens is 366 g/mol. The molecule has 0 radical (unpaired) electrons. The molecule has 0 saturated carbocycles. The molecule has 0 saturated heterocycles. The molecule has 1 nitrogen and oxygen atoms in total. The van der Waals surface area contributed by atoms with Gasteiger partial charge < -0.3 is 4.74 Å². The maximum absolute atomic E-state index is 6.64. The minimum absolute atomic E-state index is 0.260. The largest absolute Gasteiger partial charge is 0.456 e. The lowest BCUT2D eigenvalue weighted by atomic mass is 10.3. The average molecular weight is 402 g/mol. The first-order chi connectivity index (χ1) is 12.7. The van der Waals surface area contributed by atoms with E-state index >= 15 is 0 Å². The molecule has 0 amide bonds. The third-order valence-electron chi connectivity index (χ3n) is 4.73. The average Bonchev–Trinajstić information content (AvgIpc) is 2.57. The van der Waals surface area contributed by atoms with Gasteiger partial charge >= 0.3 is 0 Å². The van der Waals surface area contributed by atoms with E-state index < -0.39 is 0 Å². The molecule has 0 aliphatic rings. The van der Waals surface area contributed by atoms with E-state index in [1.54, 1.807) is 0 Å². The first-order valence-corrected chi connectivity index (χ1v) is 13.1. The minimum atomic E-state index is -0.260. The number of hydrogen-bond acceptors (Lipinski definition) is 1. The van der Waals surface area contributed by atoms with Crippen molar-refractivity contribution < 1.29 is 4.74 Å². The summed E-state index contributed by atoms with van der Waals surface area (Å²) >= 11 is 0. The van der Waals surface area contributed by atoms with E-state index in [-0.39, 0.29) is 15.8 Å². The van der Waals surface area contributed by atoms with Crippen LogP contribution in [0.5, 0.6) is 11.5 Å². The summed E-state index contributed by atoms with van der Waals surface area (Å²) in [6.45, 7) is 18.7. The monoisotopic (exact) mass is 402 g/mol. The Morgan fingerprint density at radius 1 is 0.519 bits per heavy atom. The molecule has 0 aliphatic carbocycles. The van der Waals surface area contributed by atoms with Crippen LogP contribution in [0.15, 0.2) is 48.5 Å². The maximum Gasteiger partial charge on any atom is 0.135 e. The minimum Gasteiger partial charge on any atom is -0.456 e. The molecular formula is C24H36OP2. The molecule has 0 unspecified atom stereocenters. The van der Waals surface area contributed by atoms with Crippen molar-refractivity contribution in [2.45, 2.75) is 78.0 Å². The lowest BCUT2D eigenvalue weighted by Crippen LogP contribution is -2.19. The number of benzene rings is 2. The van der Waals surface area contributed by atoms with Gasteiger partial charge in [-0.2, -0.15) is 0 Å². The van der Waals surface area contributed by atoms with Crippen LogP contribution in [0, 0.1) is 0 Å². The number of hydrogen-bond donors (Lipinski definition) is 0. The van der Waals surface area contributed by atoms with Gasteiger partial charge in [-0.25, -0.2) is 0 Å². The Bertz CT molecular complexity index is 644. The number of para-hydroxylation sites is 2. The lowest BCUT2D eigenvalue weighted by Gasteiger charge is -2.30. The van der Waals surface area contributed by atoms with E-state index in [0.717, 1.165) is 11.5 Å². The van der Waals surface area contributed by atoms with Crippen LogP contribution in [-0.4, -0.2) is 22.6 Å². The van der Waals surface area contributed by atoms with E-state index in [4.69, 9.17) is 4.74 Å². The summed E-state index contributed by atoms with van der Waals surface area (Å²) in [6.07, 6.45) is 0. The van der Waals surface area contributed by atoms with Crippen LogP contribution in [-0.2, 0) is 0 Å².